The maximum Gasteiger partial charge on any atom is 0.149 e. The van der Waals surface area contributed by atoms with Crippen LogP contribution in [0.5, 0.6) is 5.75 Å². The number of nitrogens with zero attached hydrogens (tertiary/aromatic N) is 3. The van der Waals surface area contributed by atoms with Crippen LogP contribution in [-0.4, -0.2) is 19.9 Å². The van der Waals surface area contributed by atoms with Gasteiger partial charge in [-0.25, -0.2) is 14.1 Å². The maximum atomic E-state index is 14.3. The first kappa shape index (κ1) is 18.2. The number of aromatic hydroxyl groups is 1. The van der Waals surface area contributed by atoms with Crippen molar-refractivity contribution in [1.29, 1.82) is 0 Å². The molecule has 0 aliphatic heterocycles. The minimum Gasteiger partial charge on any atom is -0.507 e. The van der Waals surface area contributed by atoms with Crippen molar-refractivity contribution in [2.45, 2.75) is 33.1 Å². The first-order valence-electron chi connectivity index (χ1n) is 9.35. The fourth-order valence-corrected chi connectivity index (χ4v) is 3.66. The van der Waals surface area contributed by atoms with E-state index in [2.05, 4.69) is 36.1 Å². The number of aryl methyl sites for hydroxylation is 1. The van der Waals surface area contributed by atoms with Crippen LogP contribution >= 0.6 is 0 Å². The van der Waals surface area contributed by atoms with Crippen LogP contribution in [0.4, 0.5) is 4.39 Å². The fraction of sp³-hybridized carbons (Fsp3) is 0.217. The maximum absolute atomic E-state index is 14.3. The molecule has 4 aromatic rings. The summed E-state index contributed by atoms with van der Waals surface area (Å²) in [4.78, 5) is 4.60. The second-order valence-electron chi connectivity index (χ2n) is 7.34. The zero-order valence-electron chi connectivity index (χ0n) is 16.1. The first-order chi connectivity index (χ1) is 13.5. The summed E-state index contributed by atoms with van der Waals surface area (Å²) in [7, 11) is 0. The lowest BCUT2D eigenvalue weighted by Crippen LogP contribution is -2.06. The predicted molar refractivity (Wildman–Crippen MR) is 109 cm³/mol. The topological polar surface area (TPSA) is 50.9 Å². The Kier molecular flexibility index (Phi) is 4.59. The quantitative estimate of drug-likeness (QED) is 0.527. The van der Waals surface area contributed by atoms with Gasteiger partial charge in [-0.2, -0.15) is 5.10 Å². The minimum absolute atomic E-state index is 0.0620. The van der Waals surface area contributed by atoms with Gasteiger partial charge < -0.3 is 5.11 Å². The lowest BCUT2D eigenvalue weighted by molar-refractivity contribution is 0.479. The molecule has 4 nitrogen and oxygen atoms in total. The van der Waals surface area contributed by atoms with Crippen molar-refractivity contribution in [1.82, 2.24) is 14.8 Å². The van der Waals surface area contributed by atoms with Gasteiger partial charge in [-0.05, 0) is 66.3 Å². The molecular weight excluding hydrogens is 353 g/mol. The van der Waals surface area contributed by atoms with Crippen LogP contribution in [0, 0.1) is 12.7 Å². The summed E-state index contributed by atoms with van der Waals surface area (Å²) < 4.78 is 16.2. The zero-order valence-corrected chi connectivity index (χ0v) is 16.1. The van der Waals surface area contributed by atoms with E-state index in [0.29, 0.717) is 11.8 Å². The number of rotatable bonds is 4. The van der Waals surface area contributed by atoms with Gasteiger partial charge in [0.05, 0.1) is 5.69 Å². The van der Waals surface area contributed by atoms with E-state index in [-0.39, 0.29) is 17.2 Å². The van der Waals surface area contributed by atoms with Crippen molar-refractivity contribution in [3.63, 3.8) is 0 Å². The van der Waals surface area contributed by atoms with Gasteiger partial charge in [0.25, 0.3) is 0 Å². The lowest BCUT2D eigenvalue weighted by atomic mass is 9.91. The van der Waals surface area contributed by atoms with Crippen molar-refractivity contribution < 1.29 is 9.50 Å². The van der Waals surface area contributed by atoms with Gasteiger partial charge in [0.1, 0.15) is 17.1 Å². The zero-order chi connectivity index (χ0) is 19.8. The normalized spacial score (nSPS) is 11.5. The number of phenols is 1. The average molecular weight is 375 g/mol. The van der Waals surface area contributed by atoms with Gasteiger partial charge in [0, 0.05) is 23.5 Å². The number of benzene rings is 2. The Morgan fingerprint density at radius 3 is 2.50 bits per heavy atom. The van der Waals surface area contributed by atoms with Crippen molar-refractivity contribution >= 4 is 10.9 Å². The molecule has 142 valence electrons. The second-order valence-corrected chi connectivity index (χ2v) is 7.34. The summed E-state index contributed by atoms with van der Waals surface area (Å²) in [5.74, 6) is -0.205. The Hall–Kier alpha value is -3.21. The lowest BCUT2D eigenvalue weighted by Gasteiger charge is -2.18. The Morgan fingerprint density at radius 2 is 1.86 bits per heavy atom. The third-order valence-corrected chi connectivity index (χ3v) is 5.11. The molecule has 0 aliphatic carbocycles. The van der Waals surface area contributed by atoms with Gasteiger partial charge >= 0.3 is 0 Å². The van der Waals surface area contributed by atoms with Crippen LogP contribution in [0.1, 0.15) is 42.1 Å². The van der Waals surface area contributed by atoms with Gasteiger partial charge in [-0.15, -0.1) is 0 Å². The van der Waals surface area contributed by atoms with E-state index in [1.807, 2.05) is 36.0 Å². The van der Waals surface area contributed by atoms with Crippen molar-refractivity contribution in [3.05, 3.63) is 83.1 Å². The molecule has 1 N–H and O–H groups in total. The van der Waals surface area contributed by atoms with Crippen LogP contribution in [0.3, 0.4) is 0 Å². The molecule has 2 aromatic carbocycles. The molecule has 0 saturated heterocycles. The molecule has 0 aliphatic rings. The highest BCUT2D eigenvalue weighted by molar-refractivity contribution is 5.89. The molecule has 0 radical (unpaired) electrons. The van der Waals surface area contributed by atoms with Crippen LogP contribution in [0.15, 0.2) is 54.9 Å². The Morgan fingerprint density at radius 1 is 1.11 bits per heavy atom. The largest absolute Gasteiger partial charge is 0.507 e. The van der Waals surface area contributed by atoms with E-state index in [1.54, 1.807) is 6.20 Å². The van der Waals surface area contributed by atoms with Gasteiger partial charge in [-0.1, -0.05) is 26.0 Å². The van der Waals surface area contributed by atoms with Gasteiger partial charge in [0.15, 0.2) is 0 Å². The van der Waals surface area contributed by atoms with Crippen LogP contribution in [-0.2, 0) is 6.42 Å². The Bertz CT molecular complexity index is 1130. The summed E-state index contributed by atoms with van der Waals surface area (Å²) >= 11 is 0. The molecule has 0 spiro atoms. The van der Waals surface area contributed by atoms with Gasteiger partial charge in [0.2, 0.25) is 0 Å². The standard InChI is InChI=1S/C23H22FN3O/c1-14(2)22-18(15(3)21-20(28)10-9-19(24)23(21)26-22)13-16-5-7-17(8-6-16)27-12-4-11-25-27/h4-12,14,28H,13H2,1-3H3. The Labute approximate surface area is 163 Å². The second kappa shape index (κ2) is 7.08. The number of pyridine rings is 1. The summed E-state index contributed by atoms with van der Waals surface area (Å²) in [6.07, 6.45) is 4.32. The molecule has 2 heterocycles. The molecule has 0 fully saturated rings. The number of fused-ring (bicyclic) bond motifs is 1. The first-order valence-corrected chi connectivity index (χ1v) is 9.35. The Balaban J connectivity index is 1.80. The summed E-state index contributed by atoms with van der Waals surface area (Å²) in [5.41, 5.74) is 5.13. The summed E-state index contributed by atoms with van der Waals surface area (Å²) in [6.45, 7) is 6.04. The fourth-order valence-electron chi connectivity index (χ4n) is 3.66. The van der Waals surface area contributed by atoms with Gasteiger partial charge in [-0.3, -0.25) is 0 Å². The number of hydrogen-bond donors (Lipinski definition) is 1. The monoisotopic (exact) mass is 375 g/mol. The minimum atomic E-state index is -0.409. The van der Waals surface area contributed by atoms with E-state index in [0.717, 1.165) is 28.1 Å². The number of halogens is 1. The third-order valence-electron chi connectivity index (χ3n) is 5.11. The number of aromatic nitrogens is 3. The van der Waals surface area contributed by atoms with E-state index >= 15 is 0 Å². The summed E-state index contributed by atoms with van der Waals surface area (Å²) in [6, 6.07) is 12.7. The van der Waals surface area contributed by atoms with E-state index in [9.17, 15) is 9.50 Å². The molecular formula is C23H22FN3O. The highest BCUT2D eigenvalue weighted by atomic mass is 19.1. The van der Waals surface area contributed by atoms with Crippen molar-refractivity contribution in [2.24, 2.45) is 0 Å². The van der Waals surface area contributed by atoms with Crippen LogP contribution in [0.25, 0.3) is 16.6 Å². The third kappa shape index (κ3) is 3.13. The average Bonchev–Trinajstić information content (AvgIpc) is 3.21. The van der Waals surface area contributed by atoms with Crippen LogP contribution < -0.4 is 0 Å². The molecule has 28 heavy (non-hydrogen) atoms. The molecule has 2 aromatic heterocycles. The number of hydrogen-bond acceptors (Lipinski definition) is 3. The molecule has 0 unspecified atom stereocenters. The van der Waals surface area contributed by atoms with Crippen molar-refractivity contribution in [3.8, 4) is 11.4 Å². The smallest absolute Gasteiger partial charge is 0.149 e. The molecule has 4 rings (SSSR count). The SMILES string of the molecule is Cc1c(Cc2ccc(-n3cccn3)cc2)c(C(C)C)nc2c(F)ccc(O)c12. The van der Waals surface area contributed by atoms with E-state index < -0.39 is 5.82 Å². The highest BCUT2D eigenvalue weighted by Crippen LogP contribution is 2.35. The van der Waals surface area contributed by atoms with Crippen molar-refractivity contribution in [2.75, 3.05) is 0 Å². The summed E-state index contributed by atoms with van der Waals surface area (Å²) in [5, 5.41) is 15.1. The number of phenolic OH excluding ortho intramolecular Hbond substituents is 1. The molecule has 0 amide bonds. The van der Waals surface area contributed by atoms with Crippen LogP contribution in [0.2, 0.25) is 0 Å². The van der Waals surface area contributed by atoms with E-state index in [1.165, 1.54) is 12.1 Å². The highest BCUT2D eigenvalue weighted by Gasteiger charge is 2.19. The molecule has 0 saturated carbocycles. The molecule has 0 atom stereocenters. The predicted octanol–water partition coefficient (Wildman–Crippen LogP) is 5.29. The van der Waals surface area contributed by atoms with E-state index in [4.69, 9.17) is 0 Å². The molecule has 0 bridgehead atoms. The molecule has 5 heteroatoms.